The van der Waals surface area contributed by atoms with Gasteiger partial charge in [-0.05, 0) is 18.5 Å². The van der Waals surface area contributed by atoms with Gasteiger partial charge in [0.25, 0.3) is 0 Å². The number of hydrogen-bond acceptors (Lipinski definition) is 1. The van der Waals surface area contributed by atoms with Crippen LogP contribution in [-0.4, -0.2) is 23.8 Å². The summed E-state index contributed by atoms with van der Waals surface area (Å²) in [6, 6.07) is 6.95. The minimum Gasteiger partial charge on any atom is -0.301 e. The Balaban J connectivity index is 2.58. The molecular formula is C13H19BrFN. The summed E-state index contributed by atoms with van der Waals surface area (Å²) in [4.78, 5) is 2.15. The third kappa shape index (κ3) is 4.22. The third-order valence-electron chi connectivity index (χ3n) is 2.46. The summed E-state index contributed by atoms with van der Waals surface area (Å²) in [5.41, 5.74) is 0.968. The molecule has 90 valence electrons. The lowest BCUT2D eigenvalue weighted by Crippen LogP contribution is -2.32. The van der Waals surface area contributed by atoms with Crippen LogP contribution in [0.25, 0.3) is 0 Å². The molecule has 0 aliphatic heterocycles. The van der Waals surface area contributed by atoms with E-state index in [1.165, 1.54) is 6.07 Å². The number of hydrogen-bond donors (Lipinski definition) is 0. The summed E-state index contributed by atoms with van der Waals surface area (Å²) in [5.74, 6) is -0.119. The average molecular weight is 288 g/mol. The number of benzene rings is 1. The van der Waals surface area contributed by atoms with Crippen molar-refractivity contribution in [1.29, 1.82) is 0 Å². The Morgan fingerprint density at radius 2 is 1.94 bits per heavy atom. The molecule has 3 heteroatoms. The van der Waals surface area contributed by atoms with Gasteiger partial charge in [0, 0.05) is 24.0 Å². The molecular weight excluding hydrogens is 269 g/mol. The summed E-state index contributed by atoms with van der Waals surface area (Å²) < 4.78 is 13.4. The summed E-state index contributed by atoms with van der Waals surface area (Å²) in [6.07, 6.45) is 0. The van der Waals surface area contributed by atoms with E-state index in [-0.39, 0.29) is 11.2 Å². The van der Waals surface area contributed by atoms with Crippen LogP contribution in [0.15, 0.2) is 24.3 Å². The van der Waals surface area contributed by atoms with Crippen molar-refractivity contribution in [1.82, 2.24) is 4.90 Å². The van der Waals surface area contributed by atoms with Crippen LogP contribution in [0.3, 0.4) is 0 Å². The van der Waals surface area contributed by atoms with Crippen LogP contribution in [0.2, 0.25) is 0 Å². The standard InChI is InChI=1S/C13H19BrFN/c1-13(2,9-14)10-16(3)8-11-6-4-5-7-12(11)15/h4-7H,8-10H2,1-3H3. The highest BCUT2D eigenvalue weighted by molar-refractivity contribution is 9.09. The SMILES string of the molecule is CN(Cc1ccccc1F)CC(C)(C)CBr. The molecule has 0 fully saturated rings. The predicted molar refractivity (Wildman–Crippen MR) is 70.3 cm³/mol. The third-order valence-corrected chi connectivity index (χ3v) is 3.98. The molecule has 0 heterocycles. The first-order valence-corrected chi connectivity index (χ1v) is 6.55. The zero-order valence-corrected chi connectivity index (χ0v) is 11.7. The lowest BCUT2D eigenvalue weighted by atomic mass is 9.96. The molecule has 0 radical (unpaired) electrons. The van der Waals surface area contributed by atoms with Crippen molar-refractivity contribution in [3.05, 3.63) is 35.6 Å². The smallest absolute Gasteiger partial charge is 0.127 e. The van der Waals surface area contributed by atoms with Crippen molar-refractivity contribution >= 4 is 15.9 Å². The van der Waals surface area contributed by atoms with Gasteiger partial charge >= 0.3 is 0 Å². The predicted octanol–water partition coefficient (Wildman–Crippen LogP) is 3.68. The van der Waals surface area contributed by atoms with E-state index in [2.05, 4.69) is 34.7 Å². The topological polar surface area (TPSA) is 3.24 Å². The van der Waals surface area contributed by atoms with E-state index in [1.54, 1.807) is 6.07 Å². The monoisotopic (exact) mass is 287 g/mol. The molecule has 0 atom stereocenters. The number of alkyl halides is 1. The van der Waals surface area contributed by atoms with Gasteiger partial charge in [-0.15, -0.1) is 0 Å². The van der Waals surface area contributed by atoms with Gasteiger partial charge in [0.05, 0.1) is 0 Å². The molecule has 0 amide bonds. The molecule has 0 unspecified atom stereocenters. The molecule has 0 saturated carbocycles. The molecule has 1 aromatic rings. The summed E-state index contributed by atoms with van der Waals surface area (Å²) in [5, 5.41) is 0.946. The quantitative estimate of drug-likeness (QED) is 0.747. The van der Waals surface area contributed by atoms with E-state index in [9.17, 15) is 4.39 Å². The molecule has 16 heavy (non-hydrogen) atoms. The normalized spacial score (nSPS) is 12.1. The van der Waals surface area contributed by atoms with Gasteiger partial charge in [-0.2, -0.15) is 0 Å². The Morgan fingerprint density at radius 3 is 2.50 bits per heavy atom. The van der Waals surface area contributed by atoms with Crippen LogP contribution in [0, 0.1) is 11.2 Å². The van der Waals surface area contributed by atoms with Gasteiger partial charge in [-0.25, -0.2) is 4.39 Å². The van der Waals surface area contributed by atoms with Gasteiger partial charge in [-0.1, -0.05) is 48.0 Å². The van der Waals surface area contributed by atoms with Crippen LogP contribution >= 0.6 is 15.9 Å². The van der Waals surface area contributed by atoms with Crippen molar-refractivity contribution in [2.24, 2.45) is 5.41 Å². The van der Waals surface area contributed by atoms with Gasteiger partial charge in [-0.3, -0.25) is 0 Å². The molecule has 0 spiro atoms. The van der Waals surface area contributed by atoms with Gasteiger partial charge < -0.3 is 4.90 Å². The molecule has 0 aliphatic rings. The minimum absolute atomic E-state index is 0.119. The fourth-order valence-corrected chi connectivity index (χ4v) is 1.92. The average Bonchev–Trinajstić information content (AvgIpc) is 2.21. The van der Waals surface area contributed by atoms with Crippen LogP contribution in [-0.2, 0) is 6.54 Å². The van der Waals surface area contributed by atoms with E-state index >= 15 is 0 Å². The van der Waals surface area contributed by atoms with E-state index < -0.39 is 0 Å². The lowest BCUT2D eigenvalue weighted by molar-refractivity contribution is 0.223. The zero-order chi connectivity index (χ0) is 12.2. The molecule has 1 rings (SSSR count). The van der Waals surface area contributed by atoms with E-state index in [4.69, 9.17) is 0 Å². The Labute approximate surface area is 106 Å². The fourth-order valence-electron chi connectivity index (χ4n) is 1.75. The molecule has 0 saturated heterocycles. The van der Waals surface area contributed by atoms with Crippen LogP contribution < -0.4 is 0 Å². The molecule has 0 aliphatic carbocycles. The Hall–Kier alpha value is -0.410. The first-order chi connectivity index (χ1) is 7.44. The molecule has 0 N–H and O–H groups in total. The Bertz CT molecular complexity index is 338. The minimum atomic E-state index is -0.119. The van der Waals surface area contributed by atoms with E-state index in [1.807, 2.05) is 19.2 Å². The Morgan fingerprint density at radius 1 is 1.31 bits per heavy atom. The van der Waals surface area contributed by atoms with Crippen molar-refractivity contribution in [2.75, 3.05) is 18.9 Å². The molecule has 1 aromatic carbocycles. The highest BCUT2D eigenvalue weighted by Gasteiger charge is 2.18. The largest absolute Gasteiger partial charge is 0.301 e. The zero-order valence-electron chi connectivity index (χ0n) is 10.1. The summed E-state index contributed by atoms with van der Waals surface area (Å²) >= 11 is 3.50. The molecule has 0 bridgehead atoms. The molecule has 0 aromatic heterocycles. The second-order valence-corrected chi connectivity index (χ2v) is 5.62. The lowest BCUT2D eigenvalue weighted by Gasteiger charge is -2.28. The van der Waals surface area contributed by atoms with Crippen LogP contribution in [0.1, 0.15) is 19.4 Å². The van der Waals surface area contributed by atoms with E-state index in [0.29, 0.717) is 6.54 Å². The van der Waals surface area contributed by atoms with Crippen LogP contribution in [0.4, 0.5) is 4.39 Å². The second-order valence-electron chi connectivity index (χ2n) is 5.06. The van der Waals surface area contributed by atoms with Crippen LogP contribution in [0.5, 0.6) is 0 Å². The second kappa shape index (κ2) is 5.78. The van der Waals surface area contributed by atoms with Crippen molar-refractivity contribution < 1.29 is 4.39 Å². The first-order valence-electron chi connectivity index (χ1n) is 5.42. The maximum Gasteiger partial charge on any atom is 0.127 e. The molecule has 1 nitrogen and oxygen atoms in total. The number of rotatable bonds is 5. The van der Waals surface area contributed by atoms with E-state index in [0.717, 1.165) is 17.4 Å². The van der Waals surface area contributed by atoms with Crippen molar-refractivity contribution in [3.63, 3.8) is 0 Å². The van der Waals surface area contributed by atoms with Gasteiger partial charge in [0.15, 0.2) is 0 Å². The first kappa shape index (κ1) is 13.7. The highest BCUT2D eigenvalue weighted by atomic mass is 79.9. The van der Waals surface area contributed by atoms with Gasteiger partial charge in [0.2, 0.25) is 0 Å². The Kier molecular flexibility index (Phi) is 4.93. The number of halogens is 2. The maximum absolute atomic E-state index is 13.4. The maximum atomic E-state index is 13.4. The number of nitrogens with zero attached hydrogens (tertiary/aromatic N) is 1. The van der Waals surface area contributed by atoms with Crippen molar-refractivity contribution in [3.8, 4) is 0 Å². The van der Waals surface area contributed by atoms with Crippen molar-refractivity contribution in [2.45, 2.75) is 20.4 Å². The highest BCUT2D eigenvalue weighted by Crippen LogP contribution is 2.20. The summed E-state index contributed by atoms with van der Waals surface area (Å²) in [6.45, 7) is 5.98. The van der Waals surface area contributed by atoms with Gasteiger partial charge in [0.1, 0.15) is 5.82 Å². The fraction of sp³-hybridized carbons (Fsp3) is 0.538. The summed E-state index contributed by atoms with van der Waals surface area (Å²) in [7, 11) is 2.02.